The Morgan fingerprint density at radius 3 is 2.17 bits per heavy atom. The first kappa shape index (κ1) is 6.53. The zero-order valence-corrected chi connectivity index (χ0v) is 5.56. The molecular formula is C5H11Al+. The summed E-state index contributed by atoms with van der Waals surface area (Å²) in [5.41, 5.74) is 0. The van der Waals surface area contributed by atoms with Gasteiger partial charge in [-0.25, -0.2) is 0 Å². The van der Waals surface area contributed by atoms with E-state index in [-0.39, 0.29) is 0 Å². The molecule has 0 N–H and O–H groups in total. The summed E-state index contributed by atoms with van der Waals surface area (Å²) in [6, 6.07) is 0. The molecule has 0 amide bonds. The van der Waals surface area contributed by atoms with Crippen molar-refractivity contribution in [3.8, 4) is 0 Å². The molecule has 6 heavy (non-hydrogen) atoms. The van der Waals surface area contributed by atoms with E-state index in [0.717, 1.165) is 0 Å². The van der Waals surface area contributed by atoms with Crippen LogP contribution in [0.15, 0.2) is 0 Å². The SMILES string of the molecule is CCCC[CH2][Al+]. The van der Waals surface area contributed by atoms with E-state index >= 15 is 0 Å². The van der Waals surface area contributed by atoms with Crippen molar-refractivity contribution in [2.45, 2.75) is 31.5 Å². The topological polar surface area (TPSA) is 0 Å². The summed E-state index contributed by atoms with van der Waals surface area (Å²) < 4.78 is 0. The Hall–Kier alpha value is 0.532. The van der Waals surface area contributed by atoms with Gasteiger partial charge < -0.3 is 0 Å². The van der Waals surface area contributed by atoms with Crippen LogP contribution in [0.4, 0.5) is 0 Å². The van der Waals surface area contributed by atoms with Gasteiger partial charge in [-0.2, -0.15) is 0 Å². The molecule has 33 valence electrons. The minimum absolute atomic E-state index is 1.27. The van der Waals surface area contributed by atoms with Crippen molar-refractivity contribution < 1.29 is 0 Å². The van der Waals surface area contributed by atoms with Crippen molar-refractivity contribution in [1.29, 1.82) is 0 Å². The molecule has 0 saturated heterocycles. The van der Waals surface area contributed by atoms with Crippen LogP contribution < -0.4 is 0 Å². The van der Waals surface area contributed by atoms with Crippen molar-refractivity contribution in [1.82, 2.24) is 0 Å². The maximum atomic E-state index is 2.73. The standard InChI is InChI=1S/C5H11.Al/c1-3-5-4-2;/h1,3-5H2,2H3;/q;+1. The van der Waals surface area contributed by atoms with Crippen LogP contribution in [-0.2, 0) is 0 Å². The normalized spacial score (nSPS) is 8.67. The minimum atomic E-state index is 1.27. The molecule has 0 bridgehead atoms. The summed E-state index contributed by atoms with van der Waals surface area (Å²) in [4.78, 5) is 0. The second-order valence-corrected chi connectivity index (χ2v) is 2.07. The molecule has 0 aromatic carbocycles. The van der Waals surface area contributed by atoms with Gasteiger partial charge in [-0.05, 0) is 0 Å². The summed E-state index contributed by atoms with van der Waals surface area (Å²) in [5.74, 6) is 0. The third kappa shape index (κ3) is 4.53. The van der Waals surface area contributed by atoms with Crippen LogP contribution in [0.2, 0.25) is 5.28 Å². The van der Waals surface area contributed by atoms with Gasteiger partial charge in [-0.3, -0.25) is 0 Å². The first-order valence-electron chi connectivity index (χ1n) is 2.62. The van der Waals surface area contributed by atoms with Crippen molar-refractivity contribution in [2.24, 2.45) is 0 Å². The number of hydrogen-bond acceptors (Lipinski definition) is 0. The number of hydrogen-bond donors (Lipinski definition) is 0. The third-order valence-electron chi connectivity index (χ3n) is 0.808. The predicted octanol–water partition coefficient (Wildman–Crippen LogP) is 1.76. The Morgan fingerprint density at radius 1 is 1.33 bits per heavy atom. The van der Waals surface area contributed by atoms with Crippen LogP contribution in [0.3, 0.4) is 0 Å². The molecule has 0 aliphatic rings. The van der Waals surface area contributed by atoms with Crippen molar-refractivity contribution in [3.63, 3.8) is 0 Å². The third-order valence-corrected chi connectivity index (χ3v) is 1.22. The molecule has 1 radical (unpaired) electrons. The fraction of sp³-hybridized carbons (Fsp3) is 1.00. The summed E-state index contributed by atoms with van der Waals surface area (Å²) in [6.07, 6.45) is 4.11. The first-order chi connectivity index (χ1) is 2.91. The Morgan fingerprint density at radius 2 is 2.00 bits per heavy atom. The van der Waals surface area contributed by atoms with E-state index in [1.807, 2.05) is 0 Å². The van der Waals surface area contributed by atoms with Gasteiger partial charge in [0, 0.05) is 0 Å². The predicted molar refractivity (Wildman–Crippen MR) is 30.1 cm³/mol. The molecule has 0 unspecified atom stereocenters. The van der Waals surface area contributed by atoms with Gasteiger partial charge in [-0.1, -0.05) is 0 Å². The fourth-order valence-electron chi connectivity index (χ4n) is 0.394. The zero-order chi connectivity index (χ0) is 4.83. The molecule has 0 fully saturated rings. The maximum absolute atomic E-state index is 2.73. The van der Waals surface area contributed by atoms with Crippen LogP contribution in [0.1, 0.15) is 26.2 Å². The average Bonchev–Trinajstić information content (AvgIpc) is 1.61. The van der Waals surface area contributed by atoms with Gasteiger partial charge in [0.15, 0.2) is 0 Å². The van der Waals surface area contributed by atoms with Crippen molar-refractivity contribution in [2.75, 3.05) is 0 Å². The first-order valence-corrected chi connectivity index (χ1v) is 3.43. The van der Waals surface area contributed by atoms with Gasteiger partial charge >= 0.3 is 47.8 Å². The van der Waals surface area contributed by atoms with Crippen LogP contribution >= 0.6 is 0 Å². The molecule has 1 heteroatoms. The molecule has 0 nitrogen and oxygen atoms in total. The van der Waals surface area contributed by atoms with Crippen LogP contribution in [0, 0.1) is 0 Å². The van der Waals surface area contributed by atoms with Crippen LogP contribution in [0.25, 0.3) is 0 Å². The van der Waals surface area contributed by atoms with Gasteiger partial charge in [0.25, 0.3) is 0 Å². The molecule has 0 saturated carbocycles. The molecule has 0 rings (SSSR count). The number of rotatable bonds is 3. The van der Waals surface area contributed by atoms with Crippen molar-refractivity contribution >= 4 is 16.3 Å². The van der Waals surface area contributed by atoms with Gasteiger partial charge in [-0.15, -0.1) is 0 Å². The fourth-order valence-corrected chi connectivity index (χ4v) is 0.683. The molecule has 0 aromatic rings. The molecule has 0 aliphatic carbocycles. The van der Waals surface area contributed by atoms with Crippen LogP contribution in [-0.4, -0.2) is 16.3 Å². The quantitative estimate of drug-likeness (QED) is 0.372. The van der Waals surface area contributed by atoms with E-state index in [1.54, 1.807) is 0 Å². The van der Waals surface area contributed by atoms with Crippen LogP contribution in [0.5, 0.6) is 0 Å². The van der Waals surface area contributed by atoms with E-state index in [4.69, 9.17) is 0 Å². The summed E-state index contributed by atoms with van der Waals surface area (Å²) in [7, 11) is 0. The van der Waals surface area contributed by atoms with Gasteiger partial charge in [0.1, 0.15) is 0 Å². The Kier molecular flexibility index (Phi) is 6.02. The second-order valence-electron chi connectivity index (χ2n) is 1.50. The van der Waals surface area contributed by atoms with E-state index in [2.05, 4.69) is 23.2 Å². The molecule has 0 atom stereocenters. The summed E-state index contributed by atoms with van der Waals surface area (Å²) in [6.45, 7) is 2.22. The molecule has 0 aliphatic heterocycles. The second kappa shape index (κ2) is 5.53. The van der Waals surface area contributed by atoms with E-state index in [9.17, 15) is 0 Å². The molecule has 0 spiro atoms. The van der Waals surface area contributed by atoms with E-state index in [1.165, 1.54) is 24.5 Å². The summed E-state index contributed by atoms with van der Waals surface area (Å²) >= 11 is 2.73. The van der Waals surface area contributed by atoms with E-state index < -0.39 is 0 Å². The van der Waals surface area contributed by atoms with Gasteiger partial charge in [0.2, 0.25) is 0 Å². The van der Waals surface area contributed by atoms with Gasteiger partial charge in [0.05, 0.1) is 0 Å². The summed E-state index contributed by atoms with van der Waals surface area (Å²) in [5, 5.41) is 1.27. The molecule has 0 aromatic heterocycles. The Labute approximate surface area is 48.4 Å². The zero-order valence-electron chi connectivity index (χ0n) is 4.41. The molecular weight excluding hydrogens is 87.0 g/mol. The average molecular weight is 98.1 g/mol. The molecule has 0 heterocycles. The number of unbranched alkanes of at least 4 members (excludes halogenated alkanes) is 2. The van der Waals surface area contributed by atoms with Crippen molar-refractivity contribution in [3.05, 3.63) is 0 Å². The Balaban J connectivity index is 2.34. The Bertz CT molecular complexity index is 15.9. The monoisotopic (exact) mass is 98.1 g/mol. The van der Waals surface area contributed by atoms with E-state index in [0.29, 0.717) is 0 Å².